The zero-order valence-corrected chi connectivity index (χ0v) is 28.1. The van der Waals surface area contributed by atoms with Crippen LogP contribution in [0.3, 0.4) is 0 Å². The maximum Gasteiger partial charge on any atom is 0.164 e. The molecule has 52 heavy (non-hydrogen) atoms. The fraction of sp³-hybridized carbons (Fsp3) is 0. The summed E-state index contributed by atoms with van der Waals surface area (Å²) >= 11 is 0. The molecule has 0 radical (unpaired) electrons. The Morgan fingerprint density at radius 1 is 0.519 bits per heavy atom. The second-order valence-electron chi connectivity index (χ2n) is 12.9. The smallest absolute Gasteiger partial charge is 0.164 e. The minimum atomic E-state index is 0.578. The maximum atomic E-state index is 6.14. The van der Waals surface area contributed by atoms with Crippen molar-refractivity contribution in [2.45, 2.75) is 0 Å². The van der Waals surface area contributed by atoms with Crippen molar-refractivity contribution in [3.8, 4) is 34.2 Å². The number of hydrogen-bond donors (Lipinski definition) is 0. The van der Waals surface area contributed by atoms with E-state index in [1.54, 1.807) is 6.26 Å². The molecular formula is C47H30N4O. The third-order valence-electron chi connectivity index (χ3n) is 9.86. The molecule has 0 atom stereocenters. The first-order valence-corrected chi connectivity index (χ1v) is 17.3. The molecule has 0 saturated carbocycles. The molecule has 7 aromatic carbocycles. The van der Waals surface area contributed by atoms with Crippen molar-refractivity contribution in [1.82, 2.24) is 19.5 Å². The highest BCUT2D eigenvalue weighted by molar-refractivity contribution is 6.29. The largest absolute Gasteiger partial charge is 0.464 e. The lowest BCUT2D eigenvalue weighted by molar-refractivity contribution is 0.615. The second kappa shape index (κ2) is 12.0. The number of furan rings is 1. The van der Waals surface area contributed by atoms with Crippen LogP contribution in [0.15, 0.2) is 175 Å². The van der Waals surface area contributed by atoms with E-state index in [0.717, 1.165) is 50.0 Å². The fourth-order valence-corrected chi connectivity index (χ4v) is 7.47. The molecule has 10 rings (SSSR count). The lowest BCUT2D eigenvalue weighted by atomic mass is 10.00. The van der Waals surface area contributed by atoms with Crippen LogP contribution in [0, 0.1) is 0 Å². The molecule has 0 unspecified atom stereocenters. The molecule has 244 valence electrons. The van der Waals surface area contributed by atoms with Crippen LogP contribution >= 0.6 is 0 Å². The van der Waals surface area contributed by atoms with Gasteiger partial charge in [-0.05, 0) is 51.9 Å². The Balaban J connectivity index is 1.13. The summed E-state index contributed by atoms with van der Waals surface area (Å²) in [7, 11) is 0. The molecule has 0 aliphatic rings. The molecule has 0 saturated heterocycles. The van der Waals surface area contributed by atoms with Gasteiger partial charge in [0.05, 0.1) is 17.3 Å². The number of benzene rings is 7. The summed E-state index contributed by atoms with van der Waals surface area (Å²) in [5, 5.41) is 8.26. The Morgan fingerprint density at radius 3 is 1.65 bits per heavy atom. The third kappa shape index (κ3) is 4.83. The van der Waals surface area contributed by atoms with Crippen LogP contribution in [0.2, 0.25) is 0 Å². The van der Waals surface area contributed by atoms with Gasteiger partial charge in [-0.25, -0.2) is 15.0 Å². The average molecular weight is 667 g/mol. The van der Waals surface area contributed by atoms with Gasteiger partial charge in [-0.15, -0.1) is 0 Å². The zero-order chi connectivity index (χ0) is 34.6. The molecule has 0 aliphatic heterocycles. The van der Waals surface area contributed by atoms with Gasteiger partial charge in [-0.1, -0.05) is 140 Å². The van der Waals surface area contributed by atoms with Crippen LogP contribution in [0.25, 0.3) is 100 Å². The van der Waals surface area contributed by atoms with Gasteiger partial charge < -0.3 is 8.98 Å². The van der Waals surface area contributed by atoms with E-state index in [1.807, 2.05) is 78.9 Å². The summed E-state index contributed by atoms with van der Waals surface area (Å²) in [5.74, 6) is 1.80. The molecule has 5 heteroatoms. The summed E-state index contributed by atoms with van der Waals surface area (Å²) < 4.78 is 8.41. The Hall–Kier alpha value is -7.11. The van der Waals surface area contributed by atoms with Crippen molar-refractivity contribution in [2.24, 2.45) is 0 Å². The van der Waals surface area contributed by atoms with Gasteiger partial charge in [-0.3, -0.25) is 0 Å². The van der Waals surface area contributed by atoms with Gasteiger partial charge in [0.25, 0.3) is 0 Å². The molecular weight excluding hydrogens is 637 g/mol. The quantitative estimate of drug-likeness (QED) is 0.166. The van der Waals surface area contributed by atoms with E-state index < -0.39 is 0 Å². The van der Waals surface area contributed by atoms with Gasteiger partial charge in [0, 0.05) is 44.1 Å². The third-order valence-corrected chi connectivity index (χ3v) is 9.86. The standard InChI is InChI=1S/C47H30N4O/c1-30(51-39-27-25-31-13-8-10-19-36(31)43(39)44-37-20-11-9-14-32(37)26-28-40(44)51)23-24-35-29-52-41-22-12-21-38(42(35)41)47-49-45(33-15-4-2-5-16-33)48-46(50-47)34-17-6-3-7-18-34/h2-29H,1H2/b24-23-. The predicted molar refractivity (Wildman–Crippen MR) is 215 cm³/mol. The van der Waals surface area contributed by atoms with Crippen LogP contribution in [-0.2, 0) is 0 Å². The molecule has 3 aromatic heterocycles. The van der Waals surface area contributed by atoms with E-state index in [1.165, 1.54) is 32.3 Å². The fourth-order valence-electron chi connectivity index (χ4n) is 7.47. The highest BCUT2D eigenvalue weighted by atomic mass is 16.3. The molecule has 10 aromatic rings. The summed E-state index contributed by atoms with van der Waals surface area (Å²) in [5.41, 5.74) is 7.44. The van der Waals surface area contributed by atoms with E-state index in [2.05, 4.69) is 96.1 Å². The molecule has 0 N–H and O–H groups in total. The minimum Gasteiger partial charge on any atom is -0.464 e. The number of nitrogens with zero attached hydrogens (tertiary/aromatic N) is 4. The number of aromatic nitrogens is 4. The number of allylic oxidation sites excluding steroid dienone is 2. The topological polar surface area (TPSA) is 56.7 Å². The van der Waals surface area contributed by atoms with Crippen LogP contribution in [0.5, 0.6) is 0 Å². The Bertz CT molecular complexity index is 2880. The Morgan fingerprint density at radius 2 is 1.06 bits per heavy atom. The highest BCUT2D eigenvalue weighted by Crippen LogP contribution is 2.41. The highest BCUT2D eigenvalue weighted by Gasteiger charge is 2.19. The van der Waals surface area contributed by atoms with Gasteiger partial charge in [-0.2, -0.15) is 0 Å². The summed E-state index contributed by atoms with van der Waals surface area (Å²) in [4.78, 5) is 14.9. The number of rotatable bonds is 6. The summed E-state index contributed by atoms with van der Waals surface area (Å²) in [6.07, 6.45) is 5.94. The van der Waals surface area contributed by atoms with Crippen LogP contribution in [0.4, 0.5) is 0 Å². The Kier molecular flexibility index (Phi) is 6.89. The molecule has 0 aliphatic carbocycles. The van der Waals surface area contributed by atoms with Gasteiger partial charge in [0.2, 0.25) is 0 Å². The molecule has 0 fully saturated rings. The van der Waals surface area contributed by atoms with E-state index in [9.17, 15) is 0 Å². The molecule has 3 heterocycles. The molecule has 5 nitrogen and oxygen atoms in total. The first kappa shape index (κ1) is 29.8. The van der Waals surface area contributed by atoms with Gasteiger partial charge in [0.1, 0.15) is 5.58 Å². The van der Waals surface area contributed by atoms with Gasteiger partial charge in [0.15, 0.2) is 17.5 Å². The van der Waals surface area contributed by atoms with Crippen molar-refractivity contribution in [3.63, 3.8) is 0 Å². The van der Waals surface area contributed by atoms with E-state index in [0.29, 0.717) is 17.5 Å². The van der Waals surface area contributed by atoms with Crippen molar-refractivity contribution < 1.29 is 4.42 Å². The predicted octanol–water partition coefficient (Wildman–Crippen LogP) is 12.2. The zero-order valence-electron chi connectivity index (χ0n) is 28.1. The van der Waals surface area contributed by atoms with Crippen LogP contribution in [-0.4, -0.2) is 19.5 Å². The number of fused-ring (bicyclic) bond motifs is 8. The van der Waals surface area contributed by atoms with Crippen molar-refractivity contribution in [1.29, 1.82) is 0 Å². The first-order valence-electron chi connectivity index (χ1n) is 17.3. The SMILES string of the molecule is C=C(/C=C\c1coc2cccc(-c3nc(-c4ccccc4)nc(-c4ccccc4)n3)c12)n1c2ccc3ccccc3c2c2c3ccccc3ccc21. The molecule has 0 amide bonds. The van der Waals surface area contributed by atoms with Crippen LogP contribution < -0.4 is 0 Å². The maximum absolute atomic E-state index is 6.14. The van der Waals surface area contributed by atoms with E-state index in [4.69, 9.17) is 19.4 Å². The minimum absolute atomic E-state index is 0.578. The van der Waals surface area contributed by atoms with E-state index in [-0.39, 0.29) is 0 Å². The average Bonchev–Trinajstić information content (AvgIpc) is 3.80. The second-order valence-corrected chi connectivity index (χ2v) is 12.9. The monoisotopic (exact) mass is 666 g/mol. The summed E-state index contributed by atoms with van der Waals surface area (Å²) in [6.45, 7) is 4.62. The van der Waals surface area contributed by atoms with Gasteiger partial charge >= 0.3 is 0 Å². The Labute approximate surface area is 299 Å². The lowest BCUT2D eigenvalue weighted by Gasteiger charge is -2.10. The lowest BCUT2D eigenvalue weighted by Crippen LogP contribution is -2.00. The van der Waals surface area contributed by atoms with E-state index >= 15 is 0 Å². The normalized spacial score (nSPS) is 11.8. The van der Waals surface area contributed by atoms with Crippen LogP contribution in [0.1, 0.15) is 5.56 Å². The van der Waals surface area contributed by atoms with Crippen molar-refractivity contribution in [2.75, 3.05) is 0 Å². The first-order chi connectivity index (χ1) is 25.7. The molecule has 0 bridgehead atoms. The number of hydrogen-bond acceptors (Lipinski definition) is 4. The summed E-state index contributed by atoms with van der Waals surface area (Å²) in [6, 6.07) is 52.1. The van der Waals surface area contributed by atoms with Crippen molar-refractivity contribution >= 4 is 66.1 Å². The molecule has 0 spiro atoms. The van der Waals surface area contributed by atoms with Crippen molar-refractivity contribution in [3.05, 3.63) is 176 Å².